The molecule has 2 atom stereocenters. The minimum absolute atomic E-state index is 0.343. The number of aromatic amines is 1. The summed E-state index contributed by atoms with van der Waals surface area (Å²) in [7, 11) is 0. The van der Waals surface area contributed by atoms with E-state index in [9.17, 15) is 0 Å². The highest BCUT2D eigenvalue weighted by Gasteiger charge is 2.25. The topological polar surface area (TPSA) is 27.8 Å². The number of benzene rings is 2. The van der Waals surface area contributed by atoms with Crippen molar-refractivity contribution < 1.29 is 0 Å². The Bertz CT molecular complexity index is 1050. The van der Waals surface area contributed by atoms with E-state index in [2.05, 4.69) is 82.6 Å². The second kappa shape index (κ2) is 6.99. The third-order valence-corrected chi connectivity index (χ3v) is 6.50. The van der Waals surface area contributed by atoms with Gasteiger partial charge in [-0.3, -0.25) is 0 Å². The molecule has 5 rings (SSSR count). The predicted molar refractivity (Wildman–Crippen MR) is 115 cm³/mol. The van der Waals surface area contributed by atoms with Crippen LogP contribution in [-0.2, 0) is 6.42 Å². The molecule has 0 amide bonds. The lowest BCUT2D eigenvalue weighted by atomic mass is 9.90. The van der Waals surface area contributed by atoms with Gasteiger partial charge in [-0.1, -0.05) is 36.4 Å². The molecule has 2 heterocycles. The normalized spacial score (nSPS) is 17.7. The molecule has 0 spiro atoms. The zero-order chi connectivity index (χ0) is 18.2. The largest absolute Gasteiger partial charge is 0.357 e. The van der Waals surface area contributed by atoms with Crippen LogP contribution in [0.5, 0.6) is 0 Å². The SMILES string of the molecule is C[C@H](NC1CCCc2c1[nH]c1ccc(-c3ccsc3)cc21)c1ccccc1. The van der Waals surface area contributed by atoms with E-state index in [4.69, 9.17) is 0 Å². The van der Waals surface area contributed by atoms with E-state index in [0.29, 0.717) is 12.1 Å². The Kier molecular flexibility index (Phi) is 4.35. The number of aromatic nitrogens is 1. The summed E-state index contributed by atoms with van der Waals surface area (Å²) in [5.41, 5.74) is 8.14. The Morgan fingerprint density at radius 1 is 1.07 bits per heavy atom. The molecule has 136 valence electrons. The first-order chi connectivity index (χ1) is 13.3. The van der Waals surface area contributed by atoms with E-state index < -0.39 is 0 Å². The van der Waals surface area contributed by atoms with Crippen LogP contribution in [0.2, 0.25) is 0 Å². The Morgan fingerprint density at radius 2 is 1.96 bits per heavy atom. The number of nitrogens with one attached hydrogen (secondary N) is 2. The smallest absolute Gasteiger partial charge is 0.0480 e. The van der Waals surface area contributed by atoms with Gasteiger partial charge in [-0.05, 0) is 77.4 Å². The van der Waals surface area contributed by atoms with Gasteiger partial charge in [0.15, 0.2) is 0 Å². The number of hydrogen-bond donors (Lipinski definition) is 2. The highest BCUT2D eigenvalue weighted by molar-refractivity contribution is 7.08. The molecule has 4 aromatic rings. The highest BCUT2D eigenvalue weighted by atomic mass is 32.1. The maximum absolute atomic E-state index is 3.86. The van der Waals surface area contributed by atoms with Crippen molar-refractivity contribution in [3.8, 4) is 11.1 Å². The van der Waals surface area contributed by atoms with Crippen molar-refractivity contribution in [2.24, 2.45) is 0 Å². The van der Waals surface area contributed by atoms with Crippen LogP contribution in [0.4, 0.5) is 0 Å². The van der Waals surface area contributed by atoms with Gasteiger partial charge in [-0.25, -0.2) is 0 Å². The van der Waals surface area contributed by atoms with Crippen molar-refractivity contribution in [2.45, 2.75) is 38.3 Å². The van der Waals surface area contributed by atoms with Crippen LogP contribution in [0.25, 0.3) is 22.0 Å². The van der Waals surface area contributed by atoms with Crippen molar-refractivity contribution in [3.63, 3.8) is 0 Å². The van der Waals surface area contributed by atoms with Crippen LogP contribution in [0.15, 0.2) is 65.4 Å². The minimum Gasteiger partial charge on any atom is -0.357 e. The van der Waals surface area contributed by atoms with Gasteiger partial charge in [-0.2, -0.15) is 11.3 Å². The third-order valence-electron chi connectivity index (χ3n) is 5.81. The van der Waals surface area contributed by atoms with Crippen LogP contribution in [0.1, 0.15) is 48.7 Å². The van der Waals surface area contributed by atoms with Crippen LogP contribution in [-0.4, -0.2) is 4.98 Å². The van der Waals surface area contributed by atoms with Gasteiger partial charge in [0.25, 0.3) is 0 Å². The molecule has 0 radical (unpaired) electrons. The summed E-state index contributed by atoms with van der Waals surface area (Å²) in [5.74, 6) is 0. The zero-order valence-corrected chi connectivity index (χ0v) is 16.4. The molecule has 1 unspecified atom stereocenters. The molecule has 0 saturated heterocycles. The molecule has 0 bridgehead atoms. The molecule has 2 aromatic heterocycles. The highest BCUT2D eigenvalue weighted by Crippen LogP contribution is 2.37. The number of hydrogen-bond acceptors (Lipinski definition) is 2. The Balaban J connectivity index is 1.49. The maximum Gasteiger partial charge on any atom is 0.0480 e. The predicted octanol–water partition coefficient (Wildman–Crippen LogP) is 6.62. The number of aryl methyl sites for hydroxylation is 1. The third kappa shape index (κ3) is 3.11. The van der Waals surface area contributed by atoms with Gasteiger partial charge in [0.05, 0.1) is 0 Å². The van der Waals surface area contributed by atoms with Crippen molar-refractivity contribution in [2.75, 3.05) is 0 Å². The van der Waals surface area contributed by atoms with Gasteiger partial charge in [0, 0.05) is 28.7 Å². The van der Waals surface area contributed by atoms with E-state index in [-0.39, 0.29) is 0 Å². The van der Waals surface area contributed by atoms with Crippen molar-refractivity contribution in [1.29, 1.82) is 0 Å². The van der Waals surface area contributed by atoms with Gasteiger partial charge in [-0.15, -0.1) is 0 Å². The number of H-pyrrole nitrogens is 1. The van der Waals surface area contributed by atoms with Crippen LogP contribution < -0.4 is 5.32 Å². The average molecular weight is 373 g/mol. The summed E-state index contributed by atoms with van der Waals surface area (Å²) >= 11 is 1.76. The Morgan fingerprint density at radius 3 is 2.78 bits per heavy atom. The summed E-state index contributed by atoms with van der Waals surface area (Å²) in [6.45, 7) is 2.26. The molecular weight excluding hydrogens is 348 g/mol. The monoisotopic (exact) mass is 372 g/mol. The molecule has 0 aliphatic heterocycles. The van der Waals surface area contributed by atoms with Crippen molar-refractivity contribution in [1.82, 2.24) is 10.3 Å². The summed E-state index contributed by atoms with van der Waals surface area (Å²) in [6.07, 6.45) is 3.59. The first-order valence-corrected chi connectivity index (χ1v) is 10.7. The summed E-state index contributed by atoms with van der Waals surface area (Å²) in [4.78, 5) is 3.74. The van der Waals surface area contributed by atoms with E-state index in [0.717, 1.165) is 0 Å². The molecular formula is C24H24N2S. The molecule has 2 nitrogen and oxygen atoms in total. The lowest BCUT2D eigenvalue weighted by Gasteiger charge is -2.27. The molecule has 3 heteroatoms. The molecule has 1 aliphatic rings. The van der Waals surface area contributed by atoms with Gasteiger partial charge in [0.2, 0.25) is 0 Å². The summed E-state index contributed by atoms with van der Waals surface area (Å²) in [6, 6.07) is 20.5. The molecule has 27 heavy (non-hydrogen) atoms. The lowest BCUT2D eigenvalue weighted by Crippen LogP contribution is -2.27. The first kappa shape index (κ1) is 16.8. The van der Waals surface area contributed by atoms with E-state index in [1.165, 1.54) is 58.1 Å². The lowest BCUT2D eigenvalue weighted by molar-refractivity contribution is 0.410. The fourth-order valence-electron chi connectivity index (χ4n) is 4.38. The molecule has 1 aliphatic carbocycles. The van der Waals surface area contributed by atoms with E-state index in [1.54, 1.807) is 11.3 Å². The fraction of sp³-hybridized carbons (Fsp3) is 0.250. The molecule has 0 saturated carbocycles. The van der Waals surface area contributed by atoms with Crippen molar-refractivity contribution >= 4 is 22.2 Å². The van der Waals surface area contributed by atoms with Gasteiger partial charge in [0.1, 0.15) is 0 Å². The van der Waals surface area contributed by atoms with Crippen LogP contribution in [0, 0.1) is 0 Å². The second-order valence-corrected chi connectivity index (χ2v) is 8.31. The van der Waals surface area contributed by atoms with Crippen LogP contribution in [0.3, 0.4) is 0 Å². The number of fused-ring (bicyclic) bond motifs is 3. The summed E-state index contributed by atoms with van der Waals surface area (Å²) in [5, 5.41) is 9.64. The minimum atomic E-state index is 0.343. The zero-order valence-electron chi connectivity index (χ0n) is 15.5. The van der Waals surface area contributed by atoms with Gasteiger partial charge < -0.3 is 10.3 Å². The van der Waals surface area contributed by atoms with E-state index in [1.807, 2.05) is 0 Å². The van der Waals surface area contributed by atoms with E-state index >= 15 is 0 Å². The standard InChI is InChI=1S/C24H24N2S/c1-16(17-6-3-2-4-7-17)25-23-9-5-8-20-21-14-18(19-12-13-27-15-19)10-11-22(21)26-24(20)23/h2-4,6-7,10-16,23,25-26H,5,8-9H2,1H3/t16-,23?/m0/s1. The maximum atomic E-state index is 3.86. The Labute approximate surface area is 164 Å². The molecule has 2 N–H and O–H groups in total. The summed E-state index contributed by atoms with van der Waals surface area (Å²) < 4.78 is 0. The number of rotatable bonds is 4. The van der Waals surface area contributed by atoms with Crippen LogP contribution >= 0.6 is 11.3 Å². The average Bonchev–Trinajstić information content (AvgIpc) is 3.37. The quantitative estimate of drug-likeness (QED) is 0.414. The number of thiophene rings is 1. The fourth-order valence-corrected chi connectivity index (χ4v) is 5.04. The first-order valence-electron chi connectivity index (χ1n) is 9.77. The molecule has 2 aromatic carbocycles. The Hall–Kier alpha value is -2.36. The molecule has 0 fully saturated rings. The second-order valence-electron chi connectivity index (χ2n) is 7.53. The van der Waals surface area contributed by atoms with Gasteiger partial charge >= 0.3 is 0 Å². The van der Waals surface area contributed by atoms with Crippen molar-refractivity contribution in [3.05, 3.63) is 82.2 Å².